The summed E-state index contributed by atoms with van der Waals surface area (Å²) in [4.78, 5) is 26.2. The molecule has 5 heteroatoms. The summed E-state index contributed by atoms with van der Waals surface area (Å²) in [6, 6.07) is 15.0. The van der Waals surface area contributed by atoms with E-state index in [4.69, 9.17) is 4.74 Å². The molecule has 3 rings (SSSR count). The number of amides is 2. The molecule has 2 amide bonds. The van der Waals surface area contributed by atoms with Crippen LogP contribution >= 0.6 is 0 Å². The zero-order valence-corrected chi connectivity index (χ0v) is 13.8. The molecule has 2 aromatic rings. The summed E-state index contributed by atoms with van der Waals surface area (Å²) in [6.07, 6.45) is -0.319. The smallest absolute Gasteiger partial charge is 0.267 e. The number of para-hydroxylation sites is 3. The summed E-state index contributed by atoms with van der Waals surface area (Å²) >= 11 is 0. The molecule has 24 heavy (non-hydrogen) atoms. The van der Waals surface area contributed by atoms with Crippen LogP contribution in [0, 0.1) is 6.92 Å². The van der Waals surface area contributed by atoms with Crippen LogP contribution in [0.5, 0.6) is 5.75 Å². The van der Waals surface area contributed by atoms with Gasteiger partial charge in [-0.05, 0) is 37.6 Å². The summed E-state index contributed by atoms with van der Waals surface area (Å²) < 4.78 is 5.60. The lowest BCUT2D eigenvalue weighted by atomic mass is 10.1. The maximum Gasteiger partial charge on any atom is 0.267 e. The molecule has 0 radical (unpaired) electrons. The summed E-state index contributed by atoms with van der Waals surface area (Å²) in [6.45, 7) is 3.99. The van der Waals surface area contributed by atoms with E-state index in [1.54, 1.807) is 11.8 Å². The van der Waals surface area contributed by atoms with Crippen LogP contribution < -0.4 is 15.0 Å². The minimum Gasteiger partial charge on any atom is -0.479 e. The van der Waals surface area contributed by atoms with E-state index in [9.17, 15) is 9.59 Å². The highest BCUT2D eigenvalue weighted by Gasteiger charge is 2.31. The highest BCUT2D eigenvalue weighted by molar-refractivity contribution is 6.00. The number of rotatable bonds is 4. The van der Waals surface area contributed by atoms with Gasteiger partial charge in [0.25, 0.3) is 5.91 Å². The number of ether oxygens (including phenoxy) is 1. The van der Waals surface area contributed by atoms with Crippen molar-refractivity contribution in [3.05, 3.63) is 54.1 Å². The van der Waals surface area contributed by atoms with Gasteiger partial charge in [-0.3, -0.25) is 9.59 Å². The van der Waals surface area contributed by atoms with Gasteiger partial charge >= 0.3 is 0 Å². The third kappa shape index (κ3) is 3.25. The number of carbonyl (C=O) groups is 2. The van der Waals surface area contributed by atoms with Gasteiger partial charge in [-0.25, -0.2) is 0 Å². The summed E-state index contributed by atoms with van der Waals surface area (Å²) in [5, 5.41) is 2.89. The van der Waals surface area contributed by atoms with Gasteiger partial charge in [0.2, 0.25) is 5.91 Å². The fraction of sp³-hybridized carbons (Fsp3) is 0.263. The van der Waals surface area contributed by atoms with E-state index in [2.05, 4.69) is 5.32 Å². The molecule has 0 aliphatic carbocycles. The van der Waals surface area contributed by atoms with Crippen molar-refractivity contribution in [3.63, 3.8) is 0 Å². The van der Waals surface area contributed by atoms with Crippen LogP contribution in [0.1, 0.15) is 18.9 Å². The Morgan fingerprint density at radius 3 is 2.67 bits per heavy atom. The van der Waals surface area contributed by atoms with Crippen molar-refractivity contribution in [2.45, 2.75) is 26.4 Å². The van der Waals surface area contributed by atoms with Gasteiger partial charge in [0.15, 0.2) is 6.10 Å². The van der Waals surface area contributed by atoms with Crippen molar-refractivity contribution >= 4 is 23.2 Å². The maximum absolute atomic E-state index is 12.4. The molecule has 1 heterocycles. The fourth-order valence-corrected chi connectivity index (χ4v) is 2.73. The van der Waals surface area contributed by atoms with Gasteiger partial charge in [-0.15, -0.1) is 0 Å². The summed E-state index contributed by atoms with van der Waals surface area (Å²) in [5.74, 6) is 0.426. The third-order valence-electron chi connectivity index (χ3n) is 4.06. The van der Waals surface area contributed by atoms with E-state index in [0.717, 1.165) is 11.3 Å². The van der Waals surface area contributed by atoms with Gasteiger partial charge in [-0.1, -0.05) is 30.3 Å². The molecule has 5 nitrogen and oxygen atoms in total. The monoisotopic (exact) mass is 324 g/mol. The highest BCUT2D eigenvalue weighted by atomic mass is 16.5. The zero-order chi connectivity index (χ0) is 17.1. The number of nitrogens with zero attached hydrogens (tertiary/aromatic N) is 1. The van der Waals surface area contributed by atoms with Crippen LogP contribution in [-0.2, 0) is 9.59 Å². The number of hydrogen-bond donors (Lipinski definition) is 1. The Morgan fingerprint density at radius 2 is 1.88 bits per heavy atom. The van der Waals surface area contributed by atoms with Gasteiger partial charge < -0.3 is 15.0 Å². The standard InChI is InChI=1S/C19H20N2O3/c1-13-7-3-4-8-15(13)20-18(22)11-12-21-16-9-5-6-10-17(16)24-14(2)19(21)23/h3-10,14H,11-12H2,1-2H3,(H,20,22). The first-order valence-electron chi connectivity index (χ1n) is 7.99. The third-order valence-corrected chi connectivity index (χ3v) is 4.06. The van der Waals surface area contributed by atoms with Crippen molar-refractivity contribution in [2.75, 3.05) is 16.8 Å². The summed E-state index contributed by atoms with van der Waals surface area (Å²) in [5.41, 5.74) is 2.51. The highest BCUT2D eigenvalue weighted by Crippen LogP contribution is 2.33. The first kappa shape index (κ1) is 16.1. The lowest BCUT2D eigenvalue weighted by Crippen LogP contribution is -2.45. The van der Waals surface area contributed by atoms with Crippen LogP contribution in [0.15, 0.2) is 48.5 Å². The number of hydrogen-bond acceptors (Lipinski definition) is 3. The van der Waals surface area contributed by atoms with E-state index < -0.39 is 6.10 Å². The molecular formula is C19H20N2O3. The molecular weight excluding hydrogens is 304 g/mol. The minimum atomic E-state index is -0.542. The molecule has 1 aliphatic heterocycles. The molecule has 0 fully saturated rings. The molecule has 0 aromatic heterocycles. The van der Waals surface area contributed by atoms with Gasteiger partial charge in [0.1, 0.15) is 5.75 Å². The Balaban J connectivity index is 1.68. The number of carbonyl (C=O) groups excluding carboxylic acids is 2. The molecule has 1 aliphatic rings. The molecule has 0 bridgehead atoms. The number of benzene rings is 2. The second-order valence-corrected chi connectivity index (χ2v) is 5.83. The Labute approximate surface area is 141 Å². The lowest BCUT2D eigenvalue weighted by molar-refractivity contribution is -0.125. The van der Waals surface area contributed by atoms with Gasteiger partial charge in [-0.2, -0.15) is 0 Å². The molecule has 124 valence electrons. The van der Waals surface area contributed by atoms with Crippen LogP contribution in [0.3, 0.4) is 0 Å². The number of nitrogens with one attached hydrogen (secondary N) is 1. The predicted molar refractivity (Wildman–Crippen MR) is 93.3 cm³/mol. The van der Waals surface area contributed by atoms with Crippen LogP contribution in [0.25, 0.3) is 0 Å². The van der Waals surface area contributed by atoms with Gasteiger partial charge in [0, 0.05) is 18.7 Å². The molecule has 2 aromatic carbocycles. The normalized spacial score (nSPS) is 16.3. The molecule has 0 spiro atoms. The maximum atomic E-state index is 12.4. The van der Waals surface area contributed by atoms with Crippen LogP contribution in [0.4, 0.5) is 11.4 Å². The van der Waals surface area contributed by atoms with E-state index in [1.807, 2.05) is 55.5 Å². The predicted octanol–water partition coefficient (Wildman–Crippen LogP) is 3.14. The fourth-order valence-electron chi connectivity index (χ4n) is 2.73. The minimum absolute atomic E-state index is 0.117. The SMILES string of the molecule is Cc1ccccc1NC(=O)CCN1C(=O)C(C)Oc2ccccc21. The Hall–Kier alpha value is -2.82. The molecule has 0 saturated carbocycles. The quantitative estimate of drug-likeness (QED) is 0.940. The van der Waals surface area contributed by atoms with Gasteiger partial charge in [0.05, 0.1) is 5.69 Å². The average Bonchev–Trinajstić information content (AvgIpc) is 2.57. The van der Waals surface area contributed by atoms with E-state index >= 15 is 0 Å². The zero-order valence-electron chi connectivity index (χ0n) is 13.8. The number of anilines is 2. The molecule has 1 atom stereocenters. The Bertz CT molecular complexity index is 773. The molecule has 0 saturated heterocycles. The number of fused-ring (bicyclic) bond motifs is 1. The van der Waals surface area contributed by atoms with E-state index in [1.165, 1.54) is 0 Å². The Kier molecular flexibility index (Phi) is 4.51. The molecule has 1 unspecified atom stereocenters. The van der Waals surface area contributed by atoms with Crippen molar-refractivity contribution in [1.82, 2.24) is 0 Å². The second-order valence-electron chi connectivity index (χ2n) is 5.83. The first-order chi connectivity index (χ1) is 11.6. The Morgan fingerprint density at radius 1 is 1.17 bits per heavy atom. The van der Waals surface area contributed by atoms with Crippen molar-refractivity contribution in [1.29, 1.82) is 0 Å². The lowest BCUT2D eigenvalue weighted by Gasteiger charge is -2.32. The summed E-state index contributed by atoms with van der Waals surface area (Å²) in [7, 11) is 0. The van der Waals surface area contributed by atoms with Crippen molar-refractivity contribution in [2.24, 2.45) is 0 Å². The topological polar surface area (TPSA) is 58.6 Å². The molecule has 1 N–H and O–H groups in total. The van der Waals surface area contributed by atoms with Crippen LogP contribution in [-0.4, -0.2) is 24.5 Å². The van der Waals surface area contributed by atoms with Crippen molar-refractivity contribution < 1.29 is 14.3 Å². The van der Waals surface area contributed by atoms with Crippen LogP contribution in [0.2, 0.25) is 0 Å². The largest absolute Gasteiger partial charge is 0.479 e. The number of aryl methyl sites for hydroxylation is 1. The average molecular weight is 324 g/mol. The first-order valence-corrected chi connectivity index (χ1v) is 7.99. The van der Waals surface area contributed by atoms with E-state index in [0.29, 0.717) is 18.0 Å². The second kappa shape index (κ2) is 6.74. The van der Waals surface area contributed by atoms with E-state index in [-0.39, 0.29) is 18.2 Å². The van der Waals surface area contributed by atoms with Crippen molar-refractivity contribution in [3.8, 4) is 5.75 Å².